The van der Waals surface area contributed by atoms with Crippen molar-refractivity contribution in [3.63, 3.8) is 0 Å². The molecule has 1 unspecified atom stereocenters. The van der Waals surface area contributed by atoms with Crippen LogP contribution in [0.15, 0.2) is 42.5 Å². The van der Waals surface area contributed by atoms with Crippen LogP contribution in [0, 0.1) is 21.8 Å². The molecule has 1 saturated carbocycles. The van der Waals surface area contributed by atoms with Crippen LogP contribution < -0.4 is 9.80 Å². The molecular formula is C27H33FN4O3. The third kappa shape index (κ3) is 5.03. The van der Waals surface area contributed by atoms with Crippen LogP contribution in [0.2, 0.25) is 0 Å². The third-order valence-electron chi connectivity index (χ3n) is 7.87. The largest absolute Gasteiger partial charge is 0.363 e. The Kier molecular flexibility index (Phi) is 7.00. The SMILES string of the molecule is O=C(C1CCCCC1)N1c2ccccc2CCC1CN1CCN(c2ccc(F)cc2[N+](=O)[O-])CC1. The van der Waals surface area contributed by atoms with E-state index >= 15 is 0 Å². The highest BCUT2D eigenvalue weighted by atomic mass is 19.1. The van der Waals surface area contributed by atoms with Gasteiger partial charge in [0.15, 0.2) is 0 Å². The van der Waals surface area contributed by atoms with Crippen molar-refractivity contribution < 1.29 is 14.1 Å². The van der Waals surface area contributed by atoms with E-state index in [4.69, 9.17) is 0 Å². The lowest BCUT2D eigenvalue weighted by molar-refractivity contribution is -0.384. The molecule has 2 aromatic carbocycles. The standard InChI is InChI=1S/C27H33FN4O3/c28-22-11-13-25(26(18-22)32(34)35)30-16-14-29(15-17-30)19-23-12-10-20-6-4-5-9-24(20)31(23)27(33)21-7-2-1-3-8-21/h4-6,9,11,13,18,21,23H,1-3,7-8,10,12,14-17,19H2. The van der Waals surface area contributed by atoms with Gasteiger partial charge < -0.3 is 9.80 Å². The predicted molar refractivity (Wildman–Crippen MR) is 134 cm³/mol. The average Bonchev–Trinajstić information content (AvgIpc) is 2.89. The number of nitrogens with zero attached hydrogens (tertiary/aromatic N) is 4. The van der Waals surface area contributed by atoms with Crippen molar-refractivity contribution in [2.75, 3.05) is 42.5 Å². The van der Waals surface area contributed by atoms with E-state index in [2.05, 4.69) is 28.0 Å². The molecule has 2 heterocycles. The maximum atomic E-state index is 13.7. The number of halogens is 1. The number of carbonyl (C=O) groups excluding carboxylic acids is 1. The monoisotopic (exact) mass is 480 g/mol. The van der Waals surface area contributed by atoms with Gasteiger partial charge in [0.25, 0.3) is 5.69 Å². The van der Waals surface area contributed by atoms with E-state index in [-0.39, 0.29) is 23.6 Å². The Balaban J connectivity index is 1.29. The Hall–Kier alpha value is -3.00. The summed E-state index contributed by atoms with van der Waals surface area (Å²) < 4.78 is 13.6. The zero-order valence-electron chi connectivity index (χ0n) is 20.1. The fourth-order valence-electron chi connectivity index (χ4n) is 6.00. The second-order valence-electron chi connectivity index (χ2n) is 10.0. The Labute approximate surface area is 205 Å². The highest BCUT2D eigenvalue weighted by Gasteiger charge is 2.36. The number of carbonyl (C=O) groups is 1. The van der Waals surface area contributed by atoms with E-state index in [0.717, 1.165) is 69.9 Å². The van der Waals surface area contributed by atoms with Crippen LogP contribution in [-0.2, 0) is 11.2 Å². The minimum atomic E-state index is -0.598. The summed E-state index contributed by atoms with van der Waals surface area (Å²) in [7, 11) is 0. The molecular weight excluding hydrogens is 447 g/mol. The molecule has 0 radical (unpaired) electrons. The highest BCUT2D eigenvalue weighted by molar-refractivity contribution is 5.97. The number of anilines is 2. The number of para-hydroxylation sites is 1. The summed E-state index contributed by atoms with van der Waals surface area (Å²) in [6.45, 7) is 3.56. The molecule has 2 aliphatic heterocycles. The van der Waals surface area contributed by atoms with E-state index in [1.165, 1.54) is 24.1 Å². The minimum Gasteiger partial charge on any atom is -0.363 e. The van der Waals surface area contributed by atoms with Crippen LogP contribution in [-0.4, -0.2) is 54.5 Å². The molecule has 5 rings (SSSR count). The van der Waals surface area contributed by atoms with Gasteiger partial charge in [-0.05, 0) is 49.4 Å². The summed E-state index contributed by atoms with van der Waals surface area (Å²) >= 11 is 0. The van der Waals surface area contributed by atoms with Crippen LogP contribution in [0.1, 0.15) is 44.1 Å². The molecule has 0 aromatic heterocycles. The second-order valence-corrected chi connectivity index (χ2v) is 10.0. The fourth-order valence-corrected chi connectivity index (χ4v) is 6.00. The van der Waals surface area contributed by atoms with Crippen LogP contribution in [0.5, 0.6) is 0 Å². The summed E-state index contributed by atoms with van der Waals surface area (Å²) in [6, 6.07) is 12.2. The first-order valence-corrected chi connectivity index (χ1v) is 12.8. The first-order chi connectivity index (χ1) is 17.0. The Morgan fingerprint density at radius 3 is 2.46 bits per heavy atom. The van der Waals surface area contributed by atoms with Gasteiger partial charge in [0.05, 0.1) is 11.0 Å². The van der Waals surface area contributed by atoms with E-state index in [9.17, 15) is 19.3 Å². The number of hydrogen-bond donors (Lipinski definition) is 0. The number of fused-ring (bicyclic) bond motifs is 1. The first kappa shape index (κ1) is 23.7. The quantitative estimate of drug-likeness (QED) is 0.455. The highest BCUT2D eigenvalue weighted by Crippen LogP contribution is 2.36. The molecule has 0 N–H and O–H groups in total. The van der Waals surface area contributed by atoms with Crippen molar-refractivity contribution in [2.45, 2.75) is 51.0 Å². The van der Waals surface area contributed by atoms with Gasteiger partial charge in [0.2, 0.25) is 5.91 Å². The lowest BCUT2D eigenvalue weighted by Crippen LogP contribution is -2.55. The van der Waals surface area contributed by atoms with Crippen LogP contribution in [0.3, 0.4) is 0 Å². The number of benzene rings is 2. The van der Waals surface area contributed by atoms with Gasteiger partial charge in [-0.25, -0.2) is 4.39 Å². The fraction of sp³-hybridized carbons (Fsp3) is 0.519. The van der Waals surface area contributed by atoms with Crippen molar-refractivity contribution in [3.05, 3.63) is 64.0 Å². The normalized spacial score (nSPS) is 21.6. The molecule has 8 heteroatoms. The topological polar surface area (TPSA) is 69.9 Å². The van der Waals surface area contributed by atoms with Crippen molar-refractivity contribution in [2.24, 2.45) is 5.92 Å². The van der Waals surface area contributed by atoms with Crippen molar-refractivity contribution in [3.8, 4) is 0 Å². The molecule has 7 nitrogen and oxygen atoms in total. The summed E-state index contributed by atoms with van der Waals surface area (Å²) in [5.41, 5.74) is 2.60. The predicted octanol–water partition coefficient (Wildman–Crippen LogP) is 4.78. The number of nitro benzene ring substituents is 1. The van der Waals surface area contributed by atoms with Crippen LogP contribution in [0.25, 0.3) is 0 Å². The smallest absolute Gasteiger partial charge is 0.295 e. The van der Waals surface area contributed by atoms with Gasteiger partial charge in [-0.3, -0.25) is 19.8 Å². The van der Waals surface area contributed by atoms with Gasteiger partial charge in [0.1, 0.15) is 11.5 Å². The number of piperazine rings is 1. The number of rotatable bonds is 5. The maximum absolute atomic E-state index is 13.7. The number of amides is 1. The summed E-state index contributed by atoms with van der Waals surface area (Å²) in [6.07, 6.45) is 7.37. The number of hydrogen-bond acceptors (Lipinski definition) is 5. The zero-order chi connectivity index (χ0) is 24.4. The van der Waals surface area contributed by atoms with Gasteiger partial charge in [-0.2, -0.15) is 0 Å². The minimum absolute atomic E-state index is 0.119. The molecule has 1 aliphatic carbocycles. The Morgan fingerprint density at radius 2 is 1.71 bits per heavy atom. The molecule has 1 amide bonds. The van der Waals surface area contributed by atoms with Gasteiger partial charge in [-0.15, -0.1) is 0 Å². The van der Waals surface area contributed by atoms with E-state index in [1.54, 1.807) is 0 Å². The number of aryl methyl sites for hydroxylation is 1. The third-order valence-corrected chi connectivity index (χ3v) is 7.87. The second kappa shape index (κ2) is 10.3. The molecule has 3 aliphatic rings. The first-order valence-electron chi connectivity index (χ1n) is 12.8. The van der Waals surface area contributed by atoms with Gasteiger partial charge in [-0.1, -0.05) is 37.5 Å². The average molecular weight is 481 g/mol. The number of nitro groups is 1. The van der Waals surface area contributed by atoms with Crippen molar-refractivity contribution >= 4 is 23.0 Å². The van der Waals surface area contributed by atoms with Gasteiger partial charge >= 0.3 is 0 Å². The summed E-state index contributed by atoms with van der Waals surface area (Å²) in [5, 5.41) is 11.4. The van der Waals surface area contributed by atoms with E-state index in [1.807, 2.05) is 11.0 Å². The van der Waals surface area contributed by atoms with E-state index < -0.39 is 10.7 Å². The summed E-state index contributed by atoms with van der Waals surface area (Å²) in [5.74, 6) is -0.199. The van der Waals surface area contributed by atoms with Crippen LogP contribution >= 0.6 is 0 Å². The molecule has 1 saturated heterocycles. The Morgan fingerprint density at radius 1 is 0.971 bits per heavy atom. The zero-order valence-corrected chi connectivity index (χ0v) is 20.1. The maximum Gasteiger partial charge on any atom is 0.295 e. The molecule has 35 heavy (non-hydrogen) atoms. The molecule has 0 spiro atoms. The lowest BCUT2D eigenvalue weighted by atomic mass is 9.86. The Bertz CT molecular complexity index is 1080. The van der Waals surface area contributed by atoms with Crippen molar-refractivity contribution in [1.29, 1.82) is 0 Å². The summed E-state index contributed by atoms with van der Waals surface area (Å²) in [4.78, 5) is 31.1. The van der Waals surface area contributed by atoms with Crippen molar-refractivity contribution in [1.82, 2.24) is 4.90 Å². The molecule has 0 bridgehead atoms. The molecule has 186 valence electrons. The lowest BCUT2D eigenvalue weighted by Gasteiger charge is -2.43. The molecule has 1 atom stereocenters. The van der Waals surface area contributed by atoms with Gasteiger partial charge in [0, 0.05) is 50.4 Å². The van der Waals surface area contributed by atoms with Crippen LogP contribution in [0.4, 0.5) is 21.5 Å². The van der Waals surface area contributed by atoms with E-state index in [0.29, 0.717) is 18.8 Å². The molecule has 2 aromatic rings. The molecule has 2 fully saturated rings.